The Bertz CT molecular complexity index is 683. The van der Waals surface area contributed by atoms with Crippen molar-refractivity contribution in [3.63, 3.8) is 0 Å². The molecule has 0 aromatic carbocycles. The zero-order valence-electron chi connectivity index (χ0n) is 11.3. The number of aryl methyl sites for hydroxylation is 2. The van der Waals surface area contributed by atoms with E-state index in [2.05, 4.69) is 15.5 Å². The lowest BCUT2D eigenvalue weighted by Crippen LogP contribution is -2.14. The van der Waals surface area contributed by atoms with Gasteiger partial charge in [0.05, 0.1) is 5.75 Å². The van der Waals surface area contributed by atoms with Crippen molar-refractivity contribution in [1.29, 1.82) is 5.26 Å². The van der Waals surface area contributed by atoms with Crippen LogP contribution in [-0.4, -0.2) is 26.4 Å². The number of nitrogens with zero attached hydrogens (tertiary/aromatic N) is 4. The molecular formula is C12H13N5O2S. The van der Waals surface area contributed by atoms with E-state index in [-0.39, 0.29) is 17.5 Å². The molecule has 0 radical (unpaired) electrons. The minimum absolute atomic E-state index is 0.163. The molecule has 7 nitrogen and oxygen atoms in total. The van der Waals surface area contributed by atoms with Gasteiger partial charge in [-0.25, -0.2) is 0 Å². The SMILES string of the molecule is Cc1oc(NC(=O)CSc2nncn2C)c(C#N)c1C. The van der Waals surface area contributed by atoms with E-state index in [0.717, 1.165) is 5.56 Å². The van der Waals surface area contributed by atoms with E-state index in [1.807, 2.05) is 6.07 Å². The van der Waals surface area contributed by atoms with Crippen molar-refractivity contribution >= 4 is 23.6 Å². The van der Waals surface area contributed by atoms with Crippen molar-refractivity contribution in [3.8, 4) is 6.07 Å². The molecule has 0 fully saturated rings. The second-order valence-electron chi connectivity index (χ2n) is 4.16. The molecule has 0 aliphatic rings. The van der Waals surface area contributed by atoms with Crippen LogP contribution in [0.1, 0.15) is 16.9 Å². The first-order valence-electron chi connectivity index (χ1n) is 5.79. The average molecular weight is 291 g/mol. The van der Waals surface area contributed by atoms with Crippen LogP contribution in [0.4, 0.5) is 5.88 Å². The third kappa shape index (κ3) is 2.83. The predicted molar refractivity (Wildman–Crippen MR) is 73.3 cm³/mol. The van der Waals surface area contributed by atoms with E-state index < -0.39 is 0 Å². The molecule has 0 atom stereocenters. The van der Waals surface area contributed by atoms with Gasteiger partial charge in [0.15, 0.2) is 5.16 Å². The molecule has 2 aromatic heterocycles. The molecule has 1 N–H and O–H groups in total. The number of nitrogens with one attached hydrogen (secondary N) is 1. The number of carbonyl (C=O) groups is 1. The Labute approximate surface area is 120 Å². The van der Waals surface area contributed by atoms with Crippen molar-refractivity contribution in [2.24, 2.45) is 7.05 Å². The van der Waals surface area contributed by atoms with Gasteiger partial charge < -0.3 is 8.98 Å². The van der Waals surface area contributed by atoms with Gasteiger partial charge in [-0.1, -0.05) is 11.8 Å². The summed E-state index contributed by atoms with van der Waals surface area (Å²) in [7, 11) is 1.80. The van der Waals surface area contributed by atoms with Crippen LogP contribution in [0.2, 0.25) is 0 Å². The van der Waals surface area contributed by atoms with Gasteiger partial charge in [0.25, 0.3) is 0 Å². The molecule has 1 amide bonds. The van der Waals surface area contributed by atoms with Crippen LogP contribution in [0.5, 0.6) is 0 Å². The van der Waals surface area contributed by atoms with Gasteiger partial charge in [0.1, 0.15) is 23.7 Å². The first-order chi connectivity index (χ1) is 9.52. The Kier molecular flexibility index (Phi) is 4.10. The topological polar surface area (TPSA) is 96.7 Å². The molecule has 0 spiro atoms. The molecule has 0 aliphatic carbocycles. The van der Waals surface area contributed by atoms with Gasteiger partial charge in [0.2, 0.25) is 11.8 Å². The molecule has 0 saturated heterocycles. The van der Waals surface area contributed by atoms with Crippen LogP contribution >= 0.6 is 11.8 Å². The highest BCUT2D eigenvalue weighted by atomic mass is 32.2. The summed E-state index contributed by atoms with van der Waals surface area (Å²) >= 11 is 1.26. The third-order valence-electron chi connectivity index (χ3n) is 2.75. The summed E-state index contributed by atoms with van der Waals surface area (Å²) in [5.41, 5.74) is 1.10. The van der Waals surface area contributed by atoms with Crippen LogP contribution in [0.25, 0.3) is 0 Å². The summed E-state index contributed by atoms with van der Waals surface area (Å²) in [5.74, 6) is 0.725. The minimum Gasteiger partial charge on any atom is -0.444 e. The number of hydrogen-bond donors (Lipinski definition) is 1. The fraction of sp³-hybridized carbons (Fsp3) is 0.333. The van der Waals surface area contributed by atoms with Crippen molar-refractivity contribution in [2.45, 2.75) is 19.0 Å². The number of rotatable bonds is 4. The normalized spacial score (nSPS) is 10.3. The maximum Gasteiger partial charge on any atom is 0.237 e. The van der Waals surface area contributed by atoms with Crippen molar-refractivity contribution in [3.05, 3.63) is 23.2 Å². The van der Waals surface area contributed by atoms with Crippen LogP contribution in [0.15, 0.2) is 15.9 Å². The fourth-order valence-corrected chi connectivity index (χ4v) is 2.23. The Morgan fingerprint density at radius 3 is 2.95 bits per heavy atom. The second-order valence-corrected chi connectivity index (χ2v) is 5.10. The lowest BCUT2D eigenvalue weighted by atomic mass is 10.2. The summed E-state index contributed by atoms with van der Waals surface area (Å²) in [6.45, 7) is 3.53. The van der Waals surface area contributed by atoms with Gasteiger partial charge in [-0.2, -0.15) is 5.26 Å². The number of carbonyl (C=O) groups excluding carboxylic acids is 1. The molecule has 2 rings (SSSR count). The summed E-state index contributed by atoms with van der Waals surface area (Å²) < 4.78 is 7.09. The zero-order chi connectivity index (χ0) is 14.7. The highest BCUT2D eigenvalue weighted by Crippen LogP contribution is 2.25. The number of amides is 1. The van der Waals surface area contributed by atoms with Crippen LogP contribution < -0.4 is 5.32 Å². The third-order valence-corrected chi connectivity index (χ3v) is 3.79. The van der Waals surface area contributed by atoms with Crippen molar-refractivity contribution < 1.29 is 9.21 Å². The fourth-order valence-electron chi connectivity index (χ4n) is 1.55. The molecule has 0 bridgehead atoms. The average Bonchev–Trinajstić information content (AvgIpc) is 2.92. The van der Waals surface area contributed by atoms with E-state index in [1.165, 1.54) is 11.8 Å². The predicted octanol–water partition coefficient (Wildman–Crippen LogP) is 1.63. The van der Waals surface area contributed by atoms with Gasteiger partial charge >= 0.3 is 0 Å². The Morgan fingerprint density at radius 1 is 1.60 bits per heavy atom. The molecule has 104 valence electrons. The maximum absolute atomic E-state index is 11.8. The summed E-state index contributed by atoms with van der Waals surface area (Å²) in [5, 5.41) is 19.9. The lowest BCUT2D eigenvalue weighted by Gasteiger charge is -2.02. The van der Waals surface area contributed by atoms with Crippen molar-refractivity contribution in [2.75, 3.05) is 11.1 Å². The Morgan fingerprint density at radius 2 is 2.35 bits per heavy atom. The largest absolute Gasteiger partial charge is 0.444 e. The highest BCUT2D eigenvalue weighted by Gasteiger charge is 2.17. The standard InChI is InChI=1S/C12H13N5O2S/c1-7-8(2)19-11(9(7)4-13)15-10(18)5-20-12-16-14-6-17(12)3/h6H,5H2,1-3H3,(H,15,18). The van der Waals surface area contributed by atoms with E-state index in [9.17, 15) is 4.79 Å². The molecule has 2 heterocycles. The Hall–Kier alpha value is -2.27. The first-order valence-corrected chi connectivity index (χ1v) is 6.78. The van der Waals surface area contributed by atoms with E-state index in [1.54, 1.807) is 31.8 Å². The molecule has 20 heavy (non-hydrogen) atoms. The molecule has 2 aromatic rings. The summed E-state index contributed by atoms with van der Waals surface area (Å²) in [6.07, 6.45) is 1.56. The quantitative estimate of drug-likeness (QED) is 0.860. The summed E-state index contributed by atoms with van der Waals surface area (Å²) in [6, 6.07) is 2.03. The number of nitriles is 1. The number of anilines is 1. The molecule has 8 heteroatoms. The van der Waals surface area contributed by atoms with Gasteiger partial charge in [-0.3, -0.25) is 10.1 Å². The van der Waals surface area contributed by atoms with Crippen LogP contribution in [0.3, 0.4) is 0 Å². The number of hydrogen-bond acceptors (Lipinski definition) is 6. The molecule has 0 saturated carbocycles. The monoisotopic (exact) mass is 291 g/mol. The van der Waals surface area contributed by atoms with Crippen LogP contribution in [-0.2, 0) is 11.8 Å². The molecule has 0 aliphatic heterocycles. The first kappa shape index (κ1) is 14.1. The zero-order valence-corrected chi connectivity index (χ0v) is 12.1. The van der Waals surface area contributed by atoms with Crippen LogP contribution in [0, 0.1) is 25.2 Å². The highest BCUT2D eigenvalue weighted by molar-refractivity contribution is 7.99. The number of thioether (sulfide) groups is 1. The minimum atomic E-state index is -0.261. The second kappa shape index (κ2) is 5.79. The Balaban J connectivity index is 2.00. The van der Waals surface area contributed by atoms with E-state index in [4.69, 9.17) is 9.68 Å². The van der Waals surface area contributed by atoms with Gasteiger partial charge in [-0.05, 0) is 13.8 Å². The maximum atomic E-state index is 11.8. The number of furan rings is 1. The number of aromatic nitrogens is 3. The molecular weight excluding hydrogens is 278 g/mol. The lowest BCUT2D eigenvalue weighted by molar-refractivity contribution is -0.113. The summed E-state index contributed by atoms with van der Waals surface area (Å²) in [4.78, 5) is 11.8. The van der Waals surface area contributed by atoms with Gasteiger partial charge in [0, 0.05) is 12.6 Å². The van der Waals surface area contributed by atoms with E-state index in [0.29, 0.717) is 16.5 Å². The van der Waals surface area contributed by atoms with Gasteiger partial charge in [-0.15, -0.1) is 10.2 Å². The van der Waals surface area contributed by atoms with Crippen molar-refractivity contribution in [1.82, 2.24) is 14.8 Å². The molecule has 0 unspecified atom stereocenters. The smallest absolute Gasteiger partial charge is 0.237 e. The van der Waals surface area contributed by atoms with E-state index >= 15 is 0 Å².